The van der Waals surface area contributed by atoms with Crippen molar-refractivity contribution >= 4 is 5.97 Å². The number of carbonyl (C=O) groups is 1. The molecule has 102 valence electrons. The summed E-state index contributed by atoms with van der Waals surface area (Å²) in [5.74, 6) is -0.295. The Hall–Kier alpha value is -1.09. The molecule has 0 radical (unpaired) electrons. The van der Waals surface area contributed by atoms with Gasteiger partial charge in [0.15, 0.2) is 0 Å². The van der Waals surface area contributed by atoms with E-state index in [1.54, 1.807) is 6.92 Å². The van der Waals surface area contributed by atoms with Gasteiger partial charge in [0.25, 0.3) is 0 Å². The Morgan fingerprint density at radius 2 is 2.22 bits per heavy atom. The van der Waals surface area contributed by atoms with Crippen LogP contribution in [0.1, 0.15) is 52.4 Å². The summed E-state index contributed by atoms with van der Waals surface area (Å²) in [6.45, 7) is 3.93. The van der Waals surface area contributed by atoms with Crippen molar-refractivity contribution in [2.45, 2.75) is 58.0 Å². The fourth-order valence-electron chi connectivity index (χ4n) is 2.12. The number of hydrogen-bond acceptors (Lipinski definition) is 3. The summed E-state index contributed by atoms with van der Waals surface area (Å²) < 4.78 is 4.67. The first-order chi connectivity index (χ1) is 8.49. The van der Waals surface area contributed by atoms with Gasteiger partial charge in [0, 0.05) is 0 Å². The predicted octanol–water partition coefficient (Wildman–Crippen LogP) is 3.14. The van der Waals surface area contributed by atoms with Gasteiger partial charge >= 0.3 is 5.97 Å². The maximum atomic E-state index is 11.3. The van der Waals surface area contributed by atoms with Crippen molar-refractivity contribution in [2.75, 3.05) is 7.11 Å². The van der Waals surface area contributed by atoms with Gasteiger partial charge in [-0.2, -0.15) is 0 Å². The number of aliphatic hydroxyl groups is 1. The maximum absolute atomic E-state index is 11.3. The standard InChI is InChI=1S/C15H24O3/c1-4-5-6-7-12-8-9-15(2,17)13(10-12)11-14(16)18-3/h8,10,17H,4-7,9,11H2,1-3H3. The van der Waals surface area contributed by atoms with Crippen LogP contribution in [0.4, 0.5) is 0 Å². The lowest BCUT2D eigenvalue weighted by molar-refractivity contribution is -0.140. The SMILES string of the molecule is CCCCCC1=CCC(C)(O)C(CC(=O)OC)=C1. The number of esters is 1. The molecule has 0 bridgehead atoms. The van der Waals surface area contributed by atoms with Crippen LogP contribution >= 0.6 is 0 Å². The van der Waals surface area contributed by atoms with E-state index in [1.807, 2.05) is 6.08 Å². The second-order valence-electron chi connectivity index (χ2n) is 5.14. The minimum atomic E-state index is -0.914. The fraction of sp³-hybridized carbons (Fsp3) is 0.667. The molecule has 0 aliphatic heterocycles. The summed E-state index contributed by atoms with van der Waals surface area (Å²) in [4.78, 5) is 11.3. The van der Waals surface area contributed by atoms with Crippen molar-refractivity contribution in [3.63, 3.8) is 0 Å². The van der Waals surface area contributed by atoms with E-state index < -0.39 is 5.60 Å². The van der Waals surface area contributed by atoms with Crippen LogP contribution in [0, 0.1) is 0 Å². The van der Waals surface area contributed by atoms with Crippen molar-refractivity contribution in [2.24, 2.45) is 0 Å². The van der Waals surface area contributed by atoms with Gasteiger partial charge in [0.05, 0.1) is 19.1 Å². The van der Waals surface area contributed by atoms with Gasteiger partial charge in [-0.05, 0) is 31.8 Å². The van der Waals surface area contributed by atoms with Gasteiger partial charge in [0.2, 0.25) is 0 Å². The summed E-state index contributed by atoms with van der Waals surface area (Å²) in [6, 6.07) is 0. The third-order valence-corrected chi connectivity index (χ3v) is 3.44. The molecule has 0 saturated carbocycles. The van der Waals surface area contributed by atoms with E-state index in [0.29, 0.717) is 6.42 Å². The smallest absolute Gasteiger partial charge is 0.309 e. The van der Waals surface area contributed by atoms with E-state index in [9.17, 15) is 9.90 Å². The van der Waals surface area contributed by atoms with Crippen LogP contribution < -0.4 is 0 Å². The number of allylic oxidation sites excluding steroid dienone is 2. The Balaban J connectivity index is 2.68. The monoisotopic (exact) mass is 252 g/mol. The van der Waals surface area contributed by atoms with Crippen molar-refractivity contribution in [1.29, 1.82) is 0 Å². The largest absolute Gasteiger partial charge is 0.469 e. The van der Waals surface area contributed by atoms with E-state index in [1.165, 1.54) is 25.5 Å². The van der Waals surface area contributed by atoms with E-state index >= 15 is 0 Å². The van der Waals surface area contributed by atoms with Crippen LogP contribution in [0.5, 0.6) is 0 Å². The number of unbranched alkanes of at least 4 members (excludes halogenated alkanes) is 2. The Kier molecular flexibility index (Phi) is 5.60. The number of methoxy groups -OCH3 is 1. The van der Waals surface area contributed by atoms with Gasteiger partial charge in [-0.1, -0.05) is 37.5 Å². The highest BCUT2D eigenvalue weighted by Gasteiger charge is 2.29. The summed E-state index contributed by atoms with van der Waals surface area (Å²) >= 11 is 0. The Labute approximate surface area is 110 Å². The van der Waals surface area contributed by atoms with E-state index in [2.05, 4.69) is 17.7 Å². The molecule has 0 aromatic rings. The van der Waals surface area contributed by atoms with Crippen molar-refractivity contribution in [1.82, 2.24) is 0 Å². The van der Waals surface area contributed by atoms with E-state index in [0.717, 1.165) is 18.4 Å². The average molecular weight is 252 g/mol. The molecule has 1 aliphatic carbocycles. The topological polar surface area (TPSA) is 46.5 Å². The van der Waals surface area contributed by atoms with Crippen LogP contribution in [-0.2, 0) is 9.53 Å². The zero-order valence-corrected chi connectivity index (χ0v) is 11.7. The lowest BCUT2D eigenvalue weighted by Gasteiger charge is -2.29. The Morgan fingerprint density at radius 3 is 2.83 bits per heavy atom. The summed E-state index contributed by atoms with van der Waals surface area (Å²) in [5.41, 5.74) is 1.08. The summed E-state index contributed by atoms with van der Waals surface area (Å²) in [6.07, 6.45) is 9.40. The lowest BCUT2D eigenvalue weighted by Crippen LogP contribution is -2.30. The molecule has 3 heteroatoms. The van der Waals surface area contributed by atoms with Crippen molar-refractivity contribution in [3.05, 3.63) is 23.3 Å². The molecule has 1 aliphatic rings. The van der Waals surface area contributed by atoms with Gasteiger partial charge in [-0.25, -0.2) is 0 Å². The van der Waals surface area contributed by atoms with Gasteiger partial charge in [-0.15, -0.1) is 0 Å². The second-order valence-corrected chi connectivity index (χ2v) is 5.14. The molecule has 1 atom stereocenters. The number of ether oxygens (including phenoxy) is 1. The first kappa shape index (κ1) is 15.0. The Bertz CT molecular complexity index is 351. The molecule has 18 heavy (non-hydrogen) atoms. The predicted molar refractivity (Wildman–Crippen MR) is 72.2 cm³/mol. The summed E-state index contributed by atoms with van der Waals surface area (Å²) in [5, 5.41) is 10.2. The van der Waals surface area contributed by atoms with Crippen LogP contribution in [0.15, 0.2) is 23.3 Å². The third kappa shape index (κ3) is 4.30. The zero-order chi connectivity index (χ0) is 13.6. The highest BCUT2D eigenvalue weighted by molar-refractivity contribution is 5.73. The zero-order valence-electron chi connectivity index (χ0n) is 11.7. The minimum absolute atomic E-state index is 0.175. The van der Waals surface area contributed by atoms with Crippen molar-refractivity contribution in [3.8, 4) is 0 Å². The second kappa shape index (κ2) is 6.74. The van der Waals surface area contributed by atoms with Crippen LogP contribution in [-0.4, -0.2) is 23.8 Å². The van der Waals surface area contributed by atoms with Crippen LogP contribution in [0.3, 0.4) is 0 Å². The quantitative estimate of drug-likeness (QED) is 0.583. The molecular weight excluding hydrogens is 228 g/mol. The van der Waals surface area contributed by atoms with Gasteiger partial charge < -0.3 is 9.84 Å². The van der Waals surface area contributed by atoms with Crippen molar-refractivity contribution < 1.29 is 14.6 Å². The van der Waals surface area contributed by atoms with E-state index in [4.69, 9.17) is 0 Å². The molecule has 0 aromatic heterocycles. The van der Waals surface area contributed by atoms with Crippen LogP contribution in [0.25, 0.3) is 0 Å². The molecule has 0 spiro atoms. The number of hydrogen-bond donors (Lipinski definition) is 1. The van der Waals surface area contributed by atoms with Crippen LogP contribution in [0.2, 0.25) is 0 Å². The van der Waals surface area contributed by atoms with Gasteiger partial charge in [0.1, 0.15) is 0 Å². The molecule has 1 rings (SSSR count). The molecule has 0 amide bonds. The molecule has 0 fully saturated rings. The maximum Gasteiger partial charge on any atom is 0.309 e. The molecule has 0 aromatic carbocycles. The first-order valence-corrected chi connectivity index (χ1v) is 6.69. The number of carbonyl (C=O) groups excluding carboxylic acids is 1. The highest BCUT2D eigenvalue weighted by atomic mass is 16.5. The normalized spacial score (nSPS) is 23.3. The molecule has 1 N–H and O–H groups in total. The lowest BCUT2D eigenvalue weighted by atomic mass is 9.83. The molecular formula is C15H24O3. The number of rotatable bonds is 6. The third-order valence-electron chi connectivity index (χ3n) is 3.44. The minimum Gasteiger partial charge on any atom is -0.469 e. The van der Waals surface area contributed by atoms with Gasteiger partial charge in [-0.3, -0.25) is 4.79 Å². The molecule has 0 heterocycles. The Morgan fingerprint density at radius 1 is 1.50 bits per heavy atom. The molecule has 1 unspecified atom stereocenters. The highest BCUT2D eigenvalue weighted by Crippen LogP contribution is 2.32. The molecule has 3 nitrogen and oxygen atoms in total. The molecule has 0 saturated heterocycles. The first-order valence-electron chi connectivity index (χ1n) is 6.69. The van der Waals surface area contributed by atoms with E-state index in [-0.39, 0.29) is 12.4 Å². The summed E-state index contributed by atoms with van der Waals surface area (Å²) in [7, 11) is 1.37. The average Bonchev–Trinajstić information content (AvgIpc) is 2.33. The fourth-order valence-corrected chi connectivity index (χ4v) is 2.12.